The number of carbonyl (C=O) groups is 1. The molecule has 94 valence electrons. The maximum absolute atomic E-state index is 10.7. The summed E-state index contributed by atoms with van der Waals surface area (Å²) >= 11 is 11.8. The molecule has 0 heterocycles. The molecule has 2 atom stereocenters. The maximum atomic E-state index is 10.7. The first-order chi connectivity index (χ1) is 7.95. The van der Waals surface area contributed by atoms with Gasteiger partial charge in [0.05, 0.1) is 0 Å². The van der Waals surface area contributed by atoms with Gasteiger partial charge in [-0.05, 0) is 19.1 Å². The van der Waals surface area contributed by atoms with E-state index in [1.165, 1.54) is 7.11 Å². The zero-order chi connectivity index (χ0) is 13.0. The topological polar surface area (TPSA) is 61.6 Å². The molecule has 1 rings (SSSR count). The number of benzene rings is 1. The number of halogens is 2. The average Bonchev–Trinajstić information content (AvgIpc) is 2.21. The minimum absolute atomic E-state index is 0.448. The molecule has 0 radical (unpaired) electrons. The van der Waals surface area contributed by atoms with Crippen LogP contribution >= 0.6 is 23.2 Å². The molecular weight excluding hydrogens is 265 g/mol. The Morgan fingerprint density at radius 2 is 2.06 bits per heavy atom. The summed E-state index contributed by atoms with van der Waals surface area (Å²) in [6.45, 7) is 1.67. The van der Waals surface area contributed by atoms with Crippen LogP contribution in [0, 0.1) is 0 Å². The number of carbonyl (C=O) groups excluding carboxylic acids is 1. The van der Waals surface area contributed by atoms with Gasteiger partial charge in [0.2, 0.25) is 0 Å². The van der Waals surface area contributed by atoms with Gasteiger partial charge in [-0.15, -0.1) is 0 Å². The van der Waals surface area contributed by atoms with Crippen LogP contribution in [0.15, 0.2) is 18.2 Å². The summed E-state index contributed by atoms with van der Waals surface area (Å²) in [5.74, 6) is 0. The Hall–Kier alpha value is -0.970. The minimum Gasteiger partial charge on any atom is -0.444 e. The van der Waals surface area contributed by atoms with Crippen LogP contribution in [0.1, 0.15) is 18.6 Å². The first kappa shape index (κ1) is 14.1. The molecule has 0 unspecified atom stereocenters. The summed E-state index contributed by atoms with van der Waals surface area (Å²) in [6.07, 6.45) is -1.90. The van der Waals surface area contributed by atoms with Gasteiger partial charge in [0.15, 0.2) is 0 Å². The van der Waals surface area contributed by atoms with Gasteiger partial charge in [0.25, 0.3) is 0 Å². The molecule has 0 aliphatic heterocycles. The van der Waals surface area contributed by atoms with E-state index < -0.39 is 18.3 Å². The Morgan fingerprint density at radius 1 is 1.41 bits per heavy atom. The second-order valence-electron chi connectivity index (χ2n) is 3.46. The molecule has 6 heteroatoms. The normalized spacial score (nSPS) is 14.1. The zero-order valence-corrected chi connectivity index (χ0v) is 11.0. The number of primary amides is 1. The largest absolute Gasteiger partial charge is 0.444 e. The number of methoxy groups -OCH3 is 1. The number of nitrogens with two attached hydrogens (primary N) is 1. The van der Waals surface area contributed by atoms with Gasteiger partial charge in [-0.3, -0.25) is 0 Å². The first-order valence-electron chi connectivity index (χ1n) is 4.89. The smallest absolute Gasteiger partial charge is 0.404 e. The maximum Gasteiger partial charge on any atom is 0.404 e. The number of hydrogen-bond donors (Lipinski definition) is 1. The molecule has 1 aromatic rings. The van der Waals surface area contributed by atoms with E-state index in [0.29, 0.717) is 15.6 Å². The third-order valence-electron chi connectivity index (χ3n) is 2.25. The van der Waals surface area contributed by atoms with Gasteiger partial charge >= 0.3 is 6.09 Å². The van der Waals surface area contributed by atoms with E-state index in [1.807, 2.05) is 0 Å². The highest BCUT2D eigenvalue weighted by atomic mass is 35.5. The lowest BCUT2D eigenvalue weighted by Gasteiger charge is -2.23. The fourth-order valence-corrected chi connectivity index (χ4v) is 2.06. The van der Waals surface area contributed by atoms with E-state index in [9.17, 15) is 4.79 Å². The minimum atomic E-state index is -0.857. The molecule has 0 aliphatic rings. The van der Waals surface area contributed by atoms with E-state index in [2.05, 4.69) is 0 Å². The lowest BCUT2D eigenvalue weighted by atomic mass is 10.1. The third kappa shape index (κ3) is 3.77. The van der Waals surface area contributed by atoms with Gasteiger partial charge in [-0.2, -0.15) is 0 Å². The summed E-state index contributed by atoms with van der Waals surface area (Å²) in [5, 5.41) is 0.973. The van der Waals surface area contributed by atoms with Crippen molar-refractivity contribution in [2.24, 2.45) is 5.73 Å². The van der Waals surface area contributed by atoms with Crippen molar-refractivity contribution in [3.05, 3.63) is 33.8 Å². The Labute approximate surface area is 110 Å². The predicted molar refractivity (Wildman–Crippen MR) is 66.3 cm³/mol. The molecule has 2 N–H and O–H groups in total. The van der Waals surface area contributed by atoms with Crippen molar-refractivity contribution in [3.8, 4) is 0 Å². The van der Waals surface area contributed by atoms with Crippen LogP contribution in [0.5, 0.6) is 0 Å². The molecule has 17 heavy (non-hydrogen) atoms. The van der Waals surface area contributed by atoms with Crippen LogP contribution in [0.4, 0.5) is 4.79 Å². The van der Waals surface area contributed by atoms with Crippen LogP contribution in [-0.2, 0) is 9.47 Å². The van der Waals surface area contributed by atoms with Crippen LogP contribution < -0.4 is 5.73 Å². The van der Waals surface area contributed by atoms with Crippen LogP contribution in [0.2, 0.25) is 10.0 Å². The number of rotatable bonds is 4. The van der Waals surface area contributed by atoms with Gasteiger partial charge in [0, 0.05) is 22.7 Å². The molecule has 0 aromatic heterocycles. The summed E-state index contributed by atoms with van der Waals surface area (Å²) < 4.78 is 10.1. The number of hydrogen-bond acceptors (Lipinski definition) is 3. The van der Waals surface area contributed by atoms with Gasteiger partial charge in [-0.25, -0.2) is 4.79 Å². The molecule has 1 amide bonds. The first-order valence-corrected chi connectivity index (χ1v) is 5.65. The molecule has 0 saturated carbocycles. The van der Waals surface area contributed by atoms with Crippen molar-refractivity contribution >= 4 is 29.3 Å². The third-order valence-corrected chi connectivity index (χ3v) is 2.81. The number of ether oxygens (including phenoxy) is 2. The van der Waals surface area contributed by atoms with Crippen molar-refractivity contribution in [2.45, 2.75) is 19.1 Å². The van der Waals surface area contributed by atoms with E-state index >= 15 is 0 Å². The summed E-state index contributed by atoms with van der Waals surface area (Å²) in [5.41, 5.74) is 5.64. The Kier molecular flexibility index (Phi) is 5.05. The second-order valence-corrected chi connectivity index (χ2v) is 4.31. The molecule has 0 spiro atoms. The highest BCUT2D eigenvalue weighted by Crippen LogP contribution is 2.31. The van der Waals surface area contributed by atoms with Gasteiger partial charge < -0.3 is 15.2 Å². The predicted octanol–water partition coefficient (Wildman–Crippen LogP) is 3.16. The molecule has 0 bridgehead atoms. The van der Waals surface area contributed by atoms with Crippen molar-refractivity contribution in [1.29, 1.82) is 0 Å². The summed E-state index contributed by atoms with van der Waals surface area (Å²) in [4.78, 5) is 10.7. The quantitative estimate of drug-likeness (QED) is 0.920. The van der Waals surface area contributed by atoms with Crippen LogP contribution in [0.25, 0.3) is 0 Å². The molecule has 1 aromatic carbocycles. The van der Waals surface area contributed by atoms with Crippen molar-refractivity contribution in [3.63, 3.8) is 0 Å². The highest BCUT2D eigenvalue weighted by Gasteiger charge is 2.24. The molecule has 4 nitrogen and oxygen atoms in total. The average molecular weight is 278 g/mol. The van der Waals surface area contributed by atoms with E-state index in [4.69, 9.17) is 38.4 Å². The molecule has 0 saturated heterocycles. The van der Waals surface area contributed by atoms with Crippen molar-refractivity contribution in [1.82, 2.24) is 0 Å². The second kappa shape index (κ2) is 6.10. The monoisotopic (exact) mass is 277 g/mol. The van der Waals surface area contributed by atoms with Gasteiger partial charge in [0.1, 0.15) is 12.2 Å². The molecular formula is C11H13Cl2NO3. The Morgan fingerprint density at radius 3 is 2.53 bits per heavy atom. The molecule has 0 fully saturated rings. The van der Waals surface area contributed by atoms with E-state index in [1.54, 1.807) is 25.1 Å². The zero-order valence-electron chi connectivity index (χ0n) is 9.44. The van der Waals surface area contributed by atoms with Crippen LogP contribution in [0.3, 0.4) is 0 Å². The van der Waals surface area contributed by atoms with E-state index in [0.717, 1.165) is 0 Å². The Bertz CT molecular complexity index is 412. The SMILES string of the molecule is CO[C@@H](c1ccc(Cl)cc1Cl)[C@H](C)OC(N)=O. The van der Waals surface area contributed by atoms with Gasteiger partial charge in [-0.1, -0.05) is 29.3 Å². The Balaban J connectivity index is 2.96. The lowest BCUT2D eigenvalue weighted by molar-refractivity contribution is -0.0120. The number of amides is 1. The molecule has 0 aliphatic carbocycles. The summed E-state index contributed by atoms with van der Waals surface area (Å²) in [7, 11) is 1.50. The standard InChI is InChI=1S/C11H13Cl2NO3/c1-6(17-11(14)15)10(16-2)8-4-3-7(12)5-9(8)13/h3-6,10H,1-2H3,(H2,14,15)/t6-,10+/m0/s1. The lowest BCUT2D eigenvalue weighted by Crippen LogP contribution is -2.27. The summed E-state index contributed by atoms with van der Waals surface area (Å²) in [6, 6.07) is 5.01. The van der Waals surface area contributed by atoms with E-state index in [-0.39, 0.29) is 0 Å². The van der Waals surface area contributed by atoms with Crippen molar-refractivity contribution in [2.75, 3.05) is 7.11 Å². The fraction of sp³-hybridized carbons (Fsp3) is 0.364. The highest BCUT2D eigenvalue weighted by molar-refractivity contribution is 6.35. The fourth-order valence-electron chi connectivity index (χ4n) is 1.55. The van der Waals surface area contributed by atoms with Crippen LogP contribution in [-0.4, -0.2) is 19.3 Å². The van der Waals surface area contributed by atoms with Crippen molar-refractivity contribution < 1.29 is 14.3 Å².